The molecule has 2 aromatic rings. The molecule has 2 heterocycles. The van der Waals surface area contributed by atoms with E-state index in [1.165, 1.54) is 0 Å². The van der Waals surface area contributed by atoms with E-state index in [9.17, 15) is 4.79 Å². The van der Waals surface area contributed by atoms with Crippen molar-refractivity contribution in [2.24, 2.45) is 0 Å². The van der Waals surface area contributed by atoms with Gasteiger partial charge in [-0.15, -0.1) is 24.8 Å². The van der Waals surface area contributed by atoms with Gasteiger partial charge in [-0.3, -0.25) is 4.79 Å². The summed E-state index contributed by atoms with van der Waals surface area (Å²) in [5.41, 5.74) is 1.18. The SMILES string of the molecule is Cl.Cl.O=C(N[C@H]1CCCNC1)c1ccc2ccc(Cl)cc2n1. The minimum atomic E-state index is -0.124. The lowest BCUT2D eigenvalue weighted by molar-refractivity contribution is 0.0926. The molecule has 7 heteroatoms. The number of pyridine rings is 1. The first-order valence-corrected chi connectivity index (χ1v) is 7.18. The molecule has 1 fully saturated rings. The summed E-state index contributed by atoms with van der Waals surface area (Å²) in [6.07, 6.45) is 2.10. The van der Waals surface area contributed by atoms with E-state index in [1.807, 2.05) is 18.2 Å². The van der Waals surface area contributed by atoms with Gasteiger partial charge in [0.2, 0.25) is 0 Å². The van der Waals surface area contributed by atoms with Crippen LogP contribution in [0.1, 0.15) is 23.3 Å². The number of amides is 1. The Morgan fingerprint density at radius 2 is 2.05 bits per heavy atom. The Kier molecular flexibility index (Phi) is 7.36. The van der Waals surface area contributed by atoms with Gasteiger partial charge < -0.3 is 10.6 Å². The third kappa shape index (κ3) is 4.46. The van der Waals surface area contributed by atoms with Crippen LogP contribution in [0.5, 0.6) is 0 Å². The zero-order valence-electron chi connectivity index (χ0n) is 11.8. The van der Waals surface area contributed by atoms with E-state index in [0.717, 1.165) is 36.8 Å². The summed E-state index contributed by atoms with van der Waals surface area (Å²) in [5.74, 6) is -0.124. The summed E-state index contributed by atoms with van der Waals surface area (Å²) >= 11 is 5.96. The molecule has 1 aromatic carbocycles. The van der Waals surface area contributed by atoms with E-state index in [-0.39, 0.29) is 36.8 Å². The maximum absolute atomic E-state index is 12.2. The lowest BCUT2D eigenvalue weighted by atomic mass is 10.1. The maximum atomic E-state index is 12.2. The van der Waals surface area contributed by atoms with Gasteiger partial charge in [0, 0.05) is 23.0 Å². The van der Waals surface area contributed by atoms with Gasteiger partial charge in [-0.1, -0.05) is 23.7 Å². The first kappa shape index (κ1) is 19.0. The van der Waals surface area contributed by atoms with Crippen LogP contribution in [0.25, 0.3) is 10.9 Å². The van der Waals surface area contributed by atoms with Crippen LogP contribution >= 0.6 is 36.4 Å². The van der Waals surface area contributed by atoms with Gasteiger partial charge in [0.05, 0.1) is 5.52 Å². The molecule has 1 aliphatic heterocycles. The molecule has 1 aliphatic rings. The van der Waals surface area contributed by atoms with Gasteiger partial charge in [-0.05, 0) is 37.6 Å². The Bertz CT molecular complexity index is 645. The Labute approximate surface area is 146 Å². The van der Waals surface area contributed by atoms with E-state index < -0.39 is 0 Å². The van der Waals surface area contributed by atoms with Crippen molar-refractivity contribution in [2.75, 3.05) is 13.1 Å². The summed E-state index contributed by atoms with van der Waals surface area (Å²) in [6.45, 7) is 1.85. The number of carbonyl (C=O) groups excluding carboxylic acids is 1. The number of piperidine rings is 1. The van der Waals surface area contributed by atoms with Crippen molar-refractivity contribution in [3.05, 3.63) is 41.0 Å². The van der Waals surface area contributed by atoms with Crippen molar-refractivity contribution in [3.63, 3.8) is 0 Å². The molecule has 0 spiro atoms. The first-order chi connectivity index (χ1) is 9.72. The fourth-order valence-corrected chi connectivity index (χ4v) is 2.62. The lowest BCUT2D eigenvalue weighted by Crippen LogP contribution is -2.45. The normalized spacial score (nSPS) is 17.2. The van der Waals surface area contributed by atoms with Crippen molar-refractivity contribution in [2.45, 2.75) is 18.9 Å². The molecule has 22 heavy (non-hydrogen) atoms. The van der Waals surface area contributed by atoms with Crippen LogP contribution in [0.4, 0.5) is 0 Å². The number of carbonyl (C=O) groups is 1. The standard InChI is InChI=1S/C15H16ClN3O.2ClH/c16-11-5-3-10-4-6-13(19-14(10)8-11)15(20)18-12-2-1-7-17-9-12;;/h3-6,8,12,17H,1-2,7,9H2,(H,18,20);2*1H/t12-;;/m0../s1. The maximum Gasteiger partial charge on any atom is 0.270 e. The number of halogens is 3. The highest BCUT2D eigenvalue weighted by atomic mass is 35.5. The topological polar surface area (TPSA) is 54.0 Å². The van der Waals surface area contributed by atoms with Gasteiger partial charge in [0.1, 0.15) is 5.69 Å². The van der Waals surface area contributed by atoms with Crippen molar-refractivity contribution >= 4 is 53.2 Å². The van der Waals surface area contributed by atoms with E-state index in [2.05, 4.69) is 15.6 Å². The Morgan fingerprint density at radius 1 is 1.27 bits per heavy atom. The molecule has 0 saturated carbocycles. The number of nitrogens with zero attached hydrogens (tertiary/aromatic N) is 1. The Hall–Kier alpha value is -1.07. The van der Waals surface area contributed by atoms with E-state index >= 15 is 0 Å². The van der Waals surface area contributed by atoms with E-state index in [0.29, 0.717) is 10.7 Å². The minimum absolute atomic E-state index is 0. The number of benzene rings is 1. The lowest BCUT2D eigenvalue weighted by Gasteiger charge is -2.23. The molecule has 0 unspecified atom stereocenters. The molecule has 3 rings (SSSR count). The fraction of sp³-hybridized carbons (Fsp3) is 0.333. The van der Waals surface area contributed by atoms with Crippen molar-refractivity contribution in [3.8, 4) is 0 Å². The van der Waals surface area contributed by atoms with Gasteiger partial charge in [0.15, 0.2) is 0 Å². The molecule has 1 atom stereocenters. The molecule has 0 bridgehead atoms. The molecular formula is C15H18Cl3N3O. The second-order valence-corrected chi connectivity index (χ2v) is 5.49. The summed E-state index contributed by atoms with van der Waals surface area (Å²) in [4.78, 5) is 16.6. The molecule has 1 amide bonds. The second-order valence-electron chi connectivity index (χ2n) is 5.05. The largest absolute Gasteiger partial charge is 0.347 e. The first-order valence-electron chi connectivity index (χ1n) is 6.80. The highest BCUT2D eigenvalue weighted by Crippen LogP contribution is 2.18. The molecule has 1 aromatic heterocycles. The number of hydrogen-bond donors (Lipinski definition) is 2. The van der Waals surface area contributed by atoms with Gasteiger partial charge in [-0.25, -0.2) is 4.98 Å². The highest BCUT2D eigenvalue weighted by molar-refractivity contribution is 6.31. The Balaban J connectivity index is 0.00000121. The molecule has 2 N–H and O–H groups in total. The summed E-state index contributed by atoms with van der Waals surface area (Å²) in [7, 11) is 0. The number of nitrogens with one attached hydrogen (secondary N) is 2. The van der Waals surface area contributed by atoms with Crippen molar-refractivity contribution in [1.82, 2.24) is 15.6 Å². The third-order valence-corrected chi connectivity index (χ3v) is 3.75. The van der Waals surface area contributed by atoms with Crippen LogP contribution in [0.3, 0.4) is 0 Å². The van der Waals surface area contributed by atoms with Crippen LogP contribution in [0.15, 0.2) is 30.3 Å². The predicted molar refractivity (Wildman–Crippen MR) is 94.6 cm³/mol. The fourth-order valence-electron chi connectivity index (χ4n) is 2.45. The Morgan fingerprint density at radius 3 is 2.77 bits per heavy atom. The van der Waals surface area contributed by atoms with Gasteiger partial charge >= 0.3 is 0 Å². The number of hydrogen-bond acceptors (Lipinski definition) is 3. The van der Waals surface area contributed by atoms with E-state index in [4.69, 9.17) is 11.6 Å². The van der Waals surface area contributed by atoms with Crippen molar-refractivity contribution in [1.29, 1.82) is 0 Å². The predicted octanol–water partition coefficient (Wildman–Crippen LogP) is 3.21. The van der Waals surface area contributed by atoms with Crippen LogP contribution in [-0.2, 0) is 0 Å². The molecule has 4 nitrogen and oxygen atoms in total. The average Bonchev–Trinajstić information content (AvgIpc) is 2.47. The minimum Gasteiger partial charge on any atom is -0.347 e. The number of fused-ring (bicyclic) bond motifs is 1. The number of rotatable bonds is 2. The van der Waals surface area contributed by atoms with Crippen LogP contribution < -0.4 is 10.6 Å². The molecule has 0 radical (unpaired) electrons. The van der Waals surface area contributed by atoms with Crippen molar-refractivity contribution < 1.29 is 4.79 Å². The summed E-state index contributed by atoms with van der Waals surface area (Å²) in [5, 5.41) is 7.89. The average molecular weight is 363 g/mol. The number of aromatic nitrogens is 1. The molecular weight excluding hydrogens is 345 g/mol. The highest BCUT2D eigenvalue weighted by Gasteiger charge is 2.17. The van der Waals surface area contributed by atoms with Crippen LogP contribution in [0.2, 0.25) is 5.02 Å². The molecule has 120 valence electrons. The quantitative estimate of drug-likeness (QED) is 0.862. The smallest absolute Gasteiger partial charge is 0.270 e. The second kappa shape index (κ2) is 8.53. The monoisotopic (exact) mass is 361 g/mol. The van der Waals surface area contributed by atoms with E-state index in [1.54, 1.807) is 12.1 Å². The zero-order valence-corrected chi connectivity index (χ0v) is 14.2. The van der Waals surface area contributed by atoms with Gasteiger partial charge in [-0.2, -0.15) is 0 Å². The van der Waals surface area contributed by atoms with Gasteiger partial charge in [0.25, 0.3) is 5.91 Å². The molecule has 0 aliphatic carbocycles. The summed E-state index contributed by atoms with van der Waals surface area (Å²) < 4.78 is 0. The van der Waals surface area contributed by atoms with Crippen LogP contribution in [-0.4, -0.2) is 30.0 Å². The summed E-state index contributed by atoms with van der Waals surface area (Å²) in [6, 6.07) is 9.33. The van der Waals surface area contributed by atoms with Crippen LogP contribution in [0, 0.1) is 0 Å². The third-order valence-electron chi connectivity index (χ3n) is 3.52. The zero-order chi connectivity index (χ0) is 13.9. The molecule has 1 saturated heterocycles.